The van der Waals surface area contributed by atoms with Gasteiger partial charge in [-0.3, -0.25) is 0 Å². The second-order valence-electron chi connectivity index (χ2n) is 4.02. The Balaban J connectivity index is 2.19. The molecule has 4 N–H and O–H groups in total. The highest BCUT2D eigenvalue weighted by Crippen LogP contribution is 2.28. The van der Waals surface area contributed by atoms with Crippen LogP contribution in [0.2, 0.25) is 5.02 Å². The fraction of sp³-hybridized carbons (Fsp3) is 0. The van der Waals surface area contributed by atoms with E-state index in [1.54, 1.807) is 36.4 Å². The molecule has 0 aliphatic carbocycles. The van der Waals surface area contributed by atoms with Gasteiger partial charge in [-0.15, -0.1) is 0 Å². The van der Waals surface area contributed by atoms with Gasteiger partial charge in [0.15, 0.2) is 5.58 Å². The minimum atomic E-state index is 0.478. The smallest absolute Gasteiger partial charge is 0.227 e. The van der Waals surface area contributed by atoms with E-state index >= 15 is 0 Å². The van der Waals surface area contributed by atoms with Crippen molar-refractivity contribution in [2.45, 2.75) is 0 Å². The third-order valence-corrected chi connectivity index (χ3v) is 2.81. The molecule has 0 radical (unpaired) electrons. The first-order valence-electron chi connectivity index (χ1n) is 5.34. The lowest BCUT2D eigenvalue weighted by Gasteiger charge is -2.00. The van der Waals surface area contributed by atoms with Gasteiger partial charge in [0.05, 0.1) is 0 Å². The normalized spacial score (nSPS) is 10.9. The van der Waals surface area contributed by atoms with E-state index in [9.17, 15) is 0 Å². The second kappa shape index (κ2) is 3.92. The van der Waals surface area contributed by atoms with Crippen molar-refractivity contribution >= 4 is 34.1 Å². The predicted octanol–water partition coefficient (Wildman–Crippen LogP) is 3.31. The lowest BCUT2D eigenvalue weighted by atomic mass is 10.2. The van der Waals surface area contributed by atoms with Gasteiger partial charge in [-0.1, -0.05) is 11.6 Å². The van der Waals surface area contributed by atoms with Gasteiger partial charge in [0.25, 0.3) is 0 Å². The predicted molar refractivity (Wildman–Crippen MR) is 73.3 cm³/mol. The standard InChI is InChI=1S/C13H10ClN3O/c14-8-1-2-12-11(5-8)17-13(18-12)7-3-9(15)6-10(16)4-7/h1-6H,15-16H2. The number of anilines is 2. The van der Waals surface area contributed by atoms with Gasteiger partial charge in [-0.2, -0.15) is 0 Å². The number of hydrogen-bond donors (Lipinski definition) is 2. The van der Waals surface area contributed by atoms with Crippen LogP contribution in [0.25, 0.3) is 22.6 Å². The minimum Gasteiger partial charge on any atom is -0.436 e. The monoisotopic (exact) mass is 259 g/mol. The maximum absolute atomic E-state index is 5.90. The number of hydrogen-bond acceptors (Lipinski definition) is 4. The molecule has 1 aromatic heterocycles. The molecule has 1 heterocycles. The highest BCUT2D eigenvalue weighted by molar-refractivity contribution is 6.31. The van der Waals surface area contributed by atoms with Crippen molar-refractivity contribution in [2.75, 3.05) is 11.5 Å². The third-order valence-electron chi connectivity index (χ3n) is 2.57. The number of nitrogen functional groups attached to an aromatic ring is 2. The lowest BCUT2D eigenvalue weighted by molar-refractivity contribution is 0.620. The Morgan fingerprint density at radius 2 is 1.72 bits per heavy atom. The summed E-state index contributed by atoms with van der Waals surface area (Å²) in [5.74, 6) is 0.478. The Morgan fingerprint density at radius 1 is 1.00 bits per heavy atom. The van der Waals surface area contributed by atoms with Crippen LogP contribution in [0.15, 0.2) is 40.8 Å². The number of halogens is 1. The molecule has 4 nitrogen and oxygen atoms in total. The van der Waals surface area contributed by atoms with E-state index in [2.05, 4.69) is 4.98 Å². The molecule has 0 fully saturated rings. The van der Waals surface area contributed by atoms with Crippen LogP contribution in [0, 0.1) is 0 Å². The Labute approximate surface area is 108 Å². The molecule has 0 aliphatic heterocycles. The highest BCUT2D eigenvalue weighted by Gasteiger charge is 2.09. The molecule has 3 rings (SSSR count). The van der Waals surface area contributed by atoms with Crippen LogP contribution in [-0.2, 0) is 0 Å². The number of aromatic nitrogens is 1. The van der Waals surface area contributed by atoms with E-state index in [1.165, 1.54) is 0 Å². The number of fused-ring (bicyclic) bond motifs is 1. The summed E-state index contributed by atoms with van der Waals surface area (Å²) < 4.78 is 5.64. The van der Waals surface area contributed by atoms with E-state index in [-0.39, 0.29) is 0 Å². The summed E-state index contributed by atoms with van der Waals surface area (Å²) in [6, 6.07) is 10.5. The van der Waals surface area contributed by atoms with Crippen LogP contribution in [0.4, 0.5) is 11.4 Å². The largest absolute Gasteiger partial charge is 0.436 e. The summed E-state index contributed by atoms with van der Waals surface area (Å²) in [5, 5.41) is 0.620. The minimum absolute atomic E-state index is 0.478. The molecule has 2 aromatic carbocycles. The number of oxazole rings is 1. The van der Waals surface area contributed by atoms with Gasteiger partial charge in [0, 0.05) is 22.0 Å². The topological polar surface area (TPSA) is 78.1 Å². The van der Waals surface area contributed by atoms with E-state index in [4.69, 9.17) is 27.5 Å². The fourth-order valence-corrected chi connectivity index (χ4v) is 1.99. The van der Waals surface area contributed by atoms with Crippen LogP contribution in [-0.4, -0.2) is 4.98 Å². The van der Waals surface area contributed by atoms with Crippen LogP contribution in [0.1, 0.15) is 0 Å². The summed E-state index contributed by atoms with van der Waals surface area (Å²) in [6.07, 6.45) is 0. The summed E-state index contributed by atoms with van der Waals surface area (Å²) in [6.45, 7) is 0. The van der Waals surface area contributed by atoms with E-state index in [0.29, 0.717) is 33.4 Å². The molecule has 0 saturated heterocycles. The molecule has 3 aromatic rings. The molecule has 0 aliphatic rings. The zero-order chi connectivity index (χ0) is 12.7. The summed E-state index contributed by atoms with van der Waals surface area (Å²) in [5.41, 5.74) is 14.8. The molecule has 90 valence electrons. The van der Waals surface area contributed by atoms with Gasteiger partial charge in [0.2, 0.25) is 5.89 Å². The van der Waals surface area contributed by atoms with Crippen molar-refractivity contribution in [3.8, 4) is 11.5 Å². The van der Waals surface area contributed by atoms with Crippen molar-refractivity contribution < 1.29 is 4.42 Å². The van der Waals surface area contributed by atoms with Crippen molar-refractivity contribution in [1.82, 2.24) is 4.98 Å². The summed E-state index contributed by atoms with van der Waals surface area (Å²) in [7, 11) is 0. The first-order chi connectivity index (χ1) is 8.61. The van der Waals surface area contributed by atoms with Gasteiger partial charge < -0.3 is 15.9 Å². The second-order valence-corrected chi connectivity index (χ2v) is 4.46. The average molecular weight is 260 g/mol. The average Bonchev–Trinajstić information content (AvgIpc) is 2.70. The molecule has 0 atom stereocenters. The Kier molecular flexibility index (Phi) is 2.38. The first-order valence-corrected chi connectivity index (χ1v) is 5.72. The van der Waals surface area contributed by atoms with Crippen molar-refractivity contribution in [3.05, 3.63) is 41.4 Å². The highest BCUT2D eigenvalue weighted by atomic mass is 35.5. The van der Waals surface area contributed by atoms with Gasteiger partial charge in [-0.25, -0.2) is 4.98 Å². The van der Waals surface area contributed by atoms with E-state index in [1.807, 2.05) is 0 Å². The summed E-state index contributed by atoms with van der Waals surface area (Å²) in [4.78, 5) is 4.36. The lowest BCUT2D eigenvalue weighted by Crippen LogP contribution is -1.91. The molecule has 0 bridgehead atoms. The number of nitrogens with zero attached hydrogens (tertiary/aromatic N) is 1. The van der Waals surface area contributed by atoms with Crippen LogP contribution in [0.3, 0.4) is 0 Å². The Bertz CT molecular complexity index is 716. The fourth-order valence-electron chi connectivity index (χ4n) is 1.82. The molecule has 0 saturated carbocycles. The van der Waals surface area contributed by atoms with Gasteiger partial charge in [0.1, 0.15) is 5.52 Å². The molecule has 0 spiro atoms. The number of rotatable bonds is 1. The van der Waals surface area contributed by atoms with Crippen molar-refractivity contribution in [3.63, 3.8) is 0 Å². The first kappa shape index (κ1) is 10.9. The molecule has 5 heteroatoms. The number of benzene rings is 2. The maximum atomic E-state index is 5.90. The van der Waals surface area contributed by atoms with Crippen LogP contribution in [0.5, 0.6) is 0 Å². The maximum Gasteiger partial charge on any atom is 0.227 e. The van der Waals surface area contributed by atoms with E-state index in [0.717, 1.165) is 5.56 Å². The third kappa shape index (κ3) is 1.87. The Morgan fingerprint density at radius 3 is 2.44 bits per heavy atom. The number of nitrogens with two attached hydrogens (primary N) is 2. The zero-order valence-corrected chi connectivity index (χ0v) is 10.1. The zero-order valence-electron chi connectivity index (χ0n) is 9.35. The summed E-state index contributed by atoms with van der Waals surface area (Å²) >= 11 is 5.90. The van der Waals surface area contributed by atoms with Gasteiger partial charge >= 0.3 is 0 Å². The van der Waals surface area contributed by atoms with Crippen molar-refractivity contribution in [2.24, 2.45) is 0 Å². The molecular formula is C13H10ClN3O. The Hall–Kier alpha value is -2.20. The SMILES string of the molecule is Nc1cc(N)cc(-c2nc3cc(Cl)ccc3o2)c1. The van der Waals surface area contributed by atoms with Crippen molar-refractivity contribution in [1.29, 1.82) is 0 Å². The quantitative estimate of drug-likeness (QED) is 0.657. The molecule has 0 amide bonds. The van der Waals surface area contributed by atoms with Gasteiger partial charge in [-0.05, 0) is 36.4 Å². The van der Waals surface area contributed by atoms with E-state index < -0.39 is 0 Å². The van der Waals surface area contributed by atoms with Crippen LogP contribution >= 0.6 is 11.6 Å². The molecule has 18 heavy (non-hydrogen) atoms. The van der Waals surface area contributed by atoms with Crippen LogP contribution < -0.4 is 11.5 Å². The molecular weight excluding hydrogens is 250 g/mol. The molecule has 0 unspecified atom stereocenters.